The quantitative estimate of drug-likeness (QED) is 0.433. The summed E-state index contributed by atoms with van der Waals surface area (Å²) in [6.45, 7) is 0. The van der Waals surface area contributed by atoms with Crippen LogP contribution in [0.1, 0.15) is 0 Å². The molecule has 5 aromatic heterocycles. The van der Waals surface area contributed by atoms with Crippen LogP contribution in [0.15, 0.2) is 59.9 Å². The number of halogens is 1. The van der Waals surface area contributed by atoms with Gasteiger partial charge in [0.15, 0.2) is 11.6 Å². The molecule has 5 heterocycles. The van der Waals surface area contributed by atoms with Gasteiger partial charge in [-0.1, -0.05) is 12.1 Å². The number of fused-ring (bicyclic) bond motifs is 2. The lowest BCUT2D eigenvalue weighted by molar-refractivity contribution is 0.638. The maximum atomic E-state index is 15.5. The molecule has 0 fully saturated rings. The van der Waals surface area contributed by atoms with Gasteiger partial charge in [-0.15, -0.1) is 0 Å². The van der Waals surface area contributed by atoms with Crippen LogP contribution in [0.4, 0.5) is 4.39 Å². The van der Waals surface area contributed by atoms with E-state index in [1.165, 1.54) is 18.7 Å². The Morgan fingerprint density at radius 2 is 1.83 bits per heavy atom. The van der Waals surface area contributed by atoms with Crippen LogP contribution in [-0.2, 0) is 0 Å². The van der Waals surface area contributed by atoms with E-state index in [1.54, 1.807) is 17.5 Å². The van der Waals surface area contributed by atoms with E-state index >= 15 is 4.39 Å². The Balaban J connectivity index is 1.57. The summed E-state index contributed by atoms with van der Waals surface area (Å²) in [5, 5.41) is 11.6. The van der Waals surface area contributed by atoms with Gasteiger partial charge in [0.25, 0.3) is 0 Å². The summed E-state index contributed by atoms with van der Waals surface area (Å²) in [6.07, 6.45) is 6.00. The molecule has 2 N–H and O–H groups in total. The third-order valence-electron chi connectivity index (χ3n) is 4.95. The maximum absolute atomic E-state index is 15.5. The van der Waals surface area contributed by atoms with Gasteiger partial charge in [0.05, 0.1) is 28.1 Å². The first-order valence-electron chi connectivity index (χ1n) is 9.09. The molecule has 0 atom stereocenters. The van der Waals surface area contributed by atoms with E-state index in [2.05, 4.69) is 41.6 Å². The Hall–Kier alpha value is -3.98. The molecule has 6 rings (SSSR count). The molecular weight excluding hydrogens is 401 g/mol. The zero-order valence-corrected chi connectivity index (χ0v) is 16.1. The van der Waals surface area contributed by atoms with Gasteiger partial charge in [-0.05, 0) is 28.5 Å². The summed E-state index contributed by atoms with van der Waals surface area (Å²) in [6, 6.07) is 7.99. The van der Waals surface area contributed by atoms with Crippen molar-refractivity contribution in [1.29, 1.82) is 0 Å². The number of imidazole rings is 1. The highest BCUT2D eigenvalue weighted by atomic mass is 32.1. The summed E-state index contributed by atoms with van der Waals surface area (Å²) >= 11 is 1.63. The zero-order valence-electron chi connectivity index (χ0n) is 15.3. The fraction of sp³-hybridized carbons (Fsp3) is 0. The molecule has 0 amide bonds. The van der Waals surface area contributed by atoms with Crippen LogP contribution >= 0.6 is 11.3 Å². The summed E-state index contributed by atoms with van der Waals surface area (Å²) in [5.41, 5.74) is 5.33. The SMILES string of the molecule is Fc1c(-c2cncnc2)ncc2[nH]nc(-c3nc4c(-c5ccsc5)cccc4[nH]3)c12. The zero-order chi connectivity index (χ0) is 20.1. The Labute approximate surface area is 172 Å². The molecule has 1 aromatic carbocycles. The second-order valence-electron chi connectivity index (χ2n) is 6.71. The third kappa shape index (κ3) is 2.52. The van der Waals surface area contributed by atoms with E-state index in [0.29, 0.717) is 28.0 Å². The maximum Gasteiger partial charge on any atom is 0.161 e. The van der Waals surface area contributed by atoms with Crippen molar-refractivity contribution >= 4 is 33.3 Å². The van der Waals surface area contributed by atoms with Crippen molar-refractivity contribution in [3.8, 4) is 33.9 Å². The lowest BCUT2D eigenvalue weighted by Gasteiger charge is -2.03. The minimum absolute atomic E-state index is 0.167. The highest BCUT2D eigenvalue weighted by molar-refractivity contribution is 7.08. The van der Waals surface area contributed by atoms with E-state index in [4.69, 9.17) is 4.98 Å². The monoisotopic (exact) mass is 413 g/mol. The predicted molar refractivity (Wildman–Crippen MR) is 113 cm³/mol. The van der Waals surface area contributed by atoms with Crippen LogP contribution in [0.3, 0.4) is 0 Å². The lowest BCUT2D eigenvalue weighted by Crippen LogP contribution is -1.93. The second-order valence-corrected chi connectivity index (χ2v) is 7.49. The molecule has 30 heavy (non-hydrogen) atoms. The van der Waals surface area contributed by atoms with Gasteiger partial charge in [0.2, 0.25) is 0 Å². The average molecular weight is 413 g/mol. The molecular formula is C21H12FN7S. The van der Waals surface area contributed by atoms with Gasteiger partial charge in [-0.25, -0.2) is 19.3 Å². The molecule has 0 radical (unpaired) electrons. The molecule has 0 saturated carbocycles. The van der Waals surface area contributed by atoms with Gasteiger partial charge < -0.3 is 4.98 Å². The second kappa shape index (κ2) is 6.53. The third-order valence-corrected chi connectivity index (χ3v) is 5.63. The van der Waals surface area contributed by atoms with Crippen molar-refractivity contribution in [2.24, 2.45) is 0 Å². The Morgan fingerprint density at radius 3 is 2.67 bits per heavy atom. The fourth-order valence-corrected chi connectivity index (χ4v) is 4.22. The molecule has 0 unspecified atom stereocenters. The Kier molecular flexibility index (Phi) is 3.68. The number of benzene rings is 1. The van der Waals surface area contributed by atoms with Gasteiger partial charge in [0.1, 0.15) is 17.7 Å². The Morgan fingerprint density at radius 1 is 0.933 bits per heavy atom. The van der Waals surface area contributed by atoms with Crippen LogP contribution in [0.25, 0.3) is 55.8 Å². The number of aromatic amines is 2. The van der Waals surface area contributed by atoms with Crippen molar-refractivity contribution in [3.63, 3.8) is 0 Å². The first-order chi connectivity index (χ1) is 14.8. The number of nitrogens with zero attached hydrogens (tertiary/aromatic N) is 5. The highest BCUT2D eigenvalue weighted by Gasteiger charge is 2.21. The van der Waals surface area contributed by atoms with Crippen LogP contribution < -0.4 is 0 Å². The molecule has 0 aliphatic rings. The van der Waals surface area contributed by atoms with E-state index in [0.717, 1.165) is 22.2 Å². The van der Waals surface area contributed by atoms with Gasteiger partial charge in [0, 0.05) is 23.5 Å². The average Bonchev–Trinajstić information content (AvgIpc) is 3.53. The van der Waals surface area contributed by atoms with E-state index in [1.807, 2.05) is 23.6 Å². The number of thiophene rings is 1. The molecule has 0 spiro atoms. The number of pyridine rings is 1. The van der Waals surface area contributed by atoms with Crippen LogP contribution in [0.5, 0.6) is 0 Å². The number of aromatic nitrogens is 7. The lowest BCUT2D eigenvalue weighted by atomic mass is 10.1. The van der Waals surface area contributed by atoms with Crippen molar-refractivity contribution in [1.82, 2.24) is 35.1 Å². The molecule has 144 valence electrons. The van der Waals surface area contributed by atoms with E-state index < -0.39 is 5.82 Å². The van der Waals surface area contributed by atoms with Gasteiger partial charge in [-0.3, -0.25) is 10.1 Å². The van der Waals surface area contributed by atoms with Crippen LogP contribution in [0, 0.1) is 5.82 Å². The largest absolute Gasteiger partial charge is 0.337 e. The number of hydrogen-bond acceptors (Lipinski definition) is 6. The molecule has 6 aromatic rings. The normalized spacial score (nSPS) is 11.5. The number of rotatable bonds is 3. The summed E-state index contributed by atoms with van der Waals surface area (Å²) in [5.74, 6) is -0.0103. The predicted octanol–water partition coefficient (Wildman–Crippen LogP) is 4.83. The Bertz CT molecular complexity index is 1500. The number of H-pyrrole nitrogens is 2. The topological polar surface area (TPSA) is 96.0 Å². The van der Waals surface area contributed by atoms with Crippen LogP contribution in [0.2, 0.25) is 0 Å². The van der Waals surface area contributed by atoms with Gasteiger partial charge in [-0.2, -0.15) is 16.4 Å². The van der Waals surface area contributed by atoms with Crippen molar-refractivity contribution in [2.75, 3.05) is 0 Å². The summed E-state index contributed by atoms with van der Waals surface area (Å²) in [7, 11) is 0. The molecule has 9 heteroatoms. The van der Waals surface area contributed by atoms with Crippen molar-refractivity contribution in [3.05, 3.63) is 65.8 Å². The van der Waals surface area contributed by atoms with E-state index in [9.17, 15) is 0 Å². The van der Waals surface area contributed by atoms with Crippen molar-refractivity contribution < 1.29 is 4.39 Å². The van der Waals surface area contributed by atoms with Crippen molar-refractivity contribution in [2.45, 2.75) is 0 Å². The first kappa shape index (κ1) is 16.9. The molecule has 0 saturated heterocycles. The number of nitrogens with one attached hydrogen (secondary N) is 2. The summed E-state index contributed by atoms with van der Waals surface area (Å²) < 4.78 is 15.5. The minimum atomic E-state index is -0.496. The molecule has 7 nitrogen and oxygen atoms in total. The smallest absolute Gasteiger partial charge is 0.161 e. The van der Waals surface area contributed by atoms with E-state index in [-0.39, 0.29) is 5.69 Å². The van der Waals surface area contributed by atoms with Crippen LogP contribution in [-0.4, -0.2) is 35.1 Å². The fourth-order valence-electron chi connectivity index (χ4n) is 3.56. The first-order valence-corrected chi connectivity index (χ1v) is 10.0. The number of para-hydroxylation sites is 1. The standard InChI is InChI=1S/C21H12FN7S/c22-17-16-15(8-25-18(17)12-6-23-10-24-7-12)28-29-20(16)21-26-14-3-1-2-13(19(14)27-21)11-4-5-30-9-11/h1-10H,(H,26,27)(H,28,29). The molecule has 0 aliphatic heterocycles. The number of hydrogen-bond donors (Lipinski definition) is 2. The molecule has 0 bridgehead atoms. The van der Waals surface area contributed by atoms with Gasteiger partial charge >= 0.3 is 0 Å². The molecule has 0 aliphatic carbocycles. The highest BCUT2D eigenvalue weighted by Crippen LogP contribution is 2.34. The minimum Gasteiger partial charge on any atom is -0.337 e. The summed E-state index contributed by atoms with van der Waals surface area (Å²) in [4.78, 5) is 20.2.